The summed E-state index contributed by atoms with van der Waals surface area (Å²) in [4.78, 5) is 0. The zero-order valence-electron chi connectivity index (χ0n) is 7.24. The Labute approximate surface area is 76.2 Å². The first-order valence-corrected chi connectivity index (χ1v) is 3.98. The molecule has 0 aliphatic rings. The van der Waals surface area contributed by atoms with Gasteiger partial charge < -0.3 is 5.11 Å². The molecular formula is C10H10FNO. The summed E-state index contributed by atoms with van der Waals surface area (Å²) in [5.74, 6) is 0. The first-order chi connectivity index (χ1) is 6.16. The highest BCUT2D eigenvalue weighted by Crippen LogP contribution is 2.23. The van der Waals surface area contributed by atoms with E-state index < -0.39 is 12.3 Å². The number of halogens is 1. The highest BCUT2D eigenvalue weighted by molar-refractivity contribution is 5.39. The van der Waals surface area contributed by atoms with E-state index >= 15 is 0 Å². The molecule has 0 spiro atoms. The van der Waals surface area contributed by atoms with Gasteiger partial charge in [-0.25, -0.2) is 4.39 Å². The van der Waals surface area contributed by atoms with E-state index in [-0.39, 0.29) is 11.1 Å². The summed E-state index contributed by atoms with van der Waals surface area (Å²) in [6.45, 7) is 1.36. The maximum absolute atomic E-state index is 13.3. The normalized spacial score (nSPS) is 14.6. The second-order valence-electron chi connectivity index (χ2n) is 2.84. The van der Waals surface area contributed by atoms with Crippen molar-refractivity contribution in [2.75, 3.05) is 0 Å². The molecule has 0 heterocycles. The zero-order chi connectivity index (χ0) is 9.84. The summed E-state index contributed by atoms with van der Waals surface area (Å²) >= 11 is 0. The highest BCUT2D eigenvalue weighted by atomic mass is 19.1. The first kappa shape index (κ1) is 9.69. The molecule has 1 N–H and O–H groups in total. The summed E-state index contributed by atoms with van der Waals surface area (Å²) in [5, 5.41) is 17.7. The van der Waals surface area contributed by atoms with Crippen LogP contribution in [-0.2, 0) is 0 Å². The molecule has 0 aliphatic heterocycles. The molecule has 0 fully saturated rings. The van der Waals surface area contributed by atoms with Crippen molar-refractivity contribution in [1.29, 1.82) is 5.26 Å². The van der Waals surface area contributed by atoms with Crippen LogP contribution in [-0.4, -0.2) is 11.2 Å². The Hall–Kier alpha value is -1.40. The Morgan fingerprint density at radius 3 is 2.62 bits per heavy atom. The van der Waals surface area contributed by atoms with Crippen molar-refractivity contribution < 1.29 is 9.50 Å². The minimum absolute atomic E-state index is 0.250. The quantitative estimate of drug-likeness (QED) is 0.754. The van der Waals surface area contributed by atoms with E-state index in [1.807, 2.05) is 6.07 Å². The minimum Gasteiger partial charge on any atom is -0.390 e. The van der Waals surface area contributed by atoms with Gasteiger partial charge in [-0.1, -0.05) is 18.2 Å². The van der Waals surface area contributed by atoms with Crippen LogP contribution in [0.5, 0.6) is 0 Å². The molecule has 0 aromatic heterocycles. The fraction of sp³-hybridized carbons (Fsp3) is 0.300. The van der Waals surface area contributed by atoms with Gasteiger partial charge in [0.2, 0.25) is 0 Å². The van der Waals surface area contributed by atoms with Crippen molar-refractivity contribution in [2.24, 2.45) is 0 Å². The molecular weight excluding hydrogens is 169 g/mol. The van der Waals surface area contributed by atoms with E-state index in [1.165, 1.54) is 19.1 Å². The molecule has 1 aromatic carbocycles. The second-order valence-corrected chi connectivity index (χ2v) is 2.84. The number of hydrogen-bond acceptors (Lipinski definition) is 2. The number of nitrogens with zero attached hydrogens (tertiary/aromatic N) is 1. The van der Waals surface area contributed by atoms with Crippen molar-refractivity contribution >= 4 is 0 Å². The van der Waals surface area contributed by atoms with Crippen LogP contribution in [0.1, 0.15) is 24.2 Å². The molecule has 0 radical (unpaired) electrons. The first-order valence-electron chi connectivity index (χ1n) is 3.98. The fourth-order valence-electron chi connectivity index (χ4n) is 1.10. The molecule has 13 heavy (non-hydrogen) atoms. The van der Waals surface area contributed by atoms with E-state index in [2.05, 4.69) is 0 Å². The minimum atomic E-state index is -1.49. The van der Waals surface area contributed by atoms with Gasteiger partial charge in [0.1, 0.15) is 0 Å². The van der Waals surface area contributed by atoms with Crippen LogP contribution in [0.2, 0.25) is 0 Å². The van der Waals surface area contributed by atoms with Crippen LogP contribution < -0.4 is 0 Å². The predicted octanol–water partition coefficient (Wildman–Crippen LogP) is 1.95. The number of alkyl halides is 1. The van der Waals surface area contributed by atoms with Gasteiger partial charge in [0.15, 0.2) is 6.17 Å². The number of aliphatic hydroxyl groups is 1. The molecule has 68 valence electrons. The lowest BCUT2D eigenvalue weighted by molar-refractivity contribution is 0.0931. The lowest BCUT2D eigenvalue weighted by Crippen LogP contribution is -2.10. The molecule has 0 saturated heterocycles. The number of nitriles is 1. The highest BCUT2D eigenvalue weighted by Gasteiger charge is 2.18. The molecule has 0 bridgehead atoms. The van der Waals surface area contributed by atoms with E-state index in [0.29, 0.717) is 0 Å². The van der Waals surface area contributed by atoms with Gasteiger partial charge in [-0.05, 0) is 13.0 Å². The van der Waals surface area contributed by atoms with Crippen molar-refractivity contribution in [2.45, 2.75) is 19.2 Å². The summed E-state index contributed by atoms with van der Waals surface area (Å²) < 4.78 is 13.3. The third-order valence-corrected chi connectivity index (χ3v) is 1.80. The van der Waals surface area contributed by atoms with Crippen LogP contribution in [0.25, 0.3) is 0 Å². The number of aliphatic hydroxyl groups excluding tert-OH is 1. The molecule has 2 atom stereocenters. The largest absolute Gasteiger partial charge is 0.390 e. The van der Waals surface area contributed by atoms with E-state index in [1.54, 1.807) is 12.1 Å². The Balaban J connectivity index is 3.07. The summed E-state index contributed by atoms with van der Waals surface area (Å²) in [7, 11) is 0. The molecule has 2 nitrogen and oxygen atoms in total. The van der Waals surface area contributed by atoms with E-state index in [0.717, 1.165) is 0 Å². The smallest absolute Gasteiger partial charge is 0.152 e. The average Bonchev–Trinajstić information content (AvgIpc) is 2.16. The maximum atomic E-state index is 13.3. The van der Waals surface area contributed by atoms with Gasteiger partial charge in [-0.15, -0.1) is 0 Å². The molecule has 0 aliphatic carbocycles. The Kier molecular flexibility index (Phi) is 2.99. The van der Waals surface area contributed by atoms with Gasteiger partial charge in [0.05, 0.1) is 17.7 Å². The van der Waals surface area contributed by atoms with Crippen molar-refractivity contribution in [3.8, 4) is 6.07 Å². The van der Waals surface area contributed by atoms with Gasteiger partial charge in [0, 0.05) is 5.56 Å². The molecule has 1 aromatic rings. The maximum Gasteiger partial charge on any atom is 0.152 e. The Bertz CT molecular complexity index is 330. The lowest BCUT2D eigenvalue weighted by atomic mass is 10.0. The molecule has 0 saturated carbocycles. The molecule has 3 heteroatoms. The number of hydrogen-bond donors (Lipinski definition) is 1. The second kappa shape index (κ2) is 4.01. The SMILES string of the molecule is CC(O)C(F)c1ccccc1C#N. The fourth-order valence-corrected chi connectivity index (χ4v) is 1.10. The summed E-state index contributed by atoms with van der Waals surface area (Å²) in [6, 6.07) is 8.23. The van der Waals surface area contributed by atoms with E-state index in [9.17, 15) is 4.39 Å². The topological polar surface area (TPSA) is 44.0 Å². The van der Waals surface area contributed by atoms with Crippen LogP contribution in [0.15, 0.2) is 24.3 Å². The van der Waals surface area contributed by atoms with Crippen molar-refractivity contribution in [3.05, 3.63) is 35.4 Å². The monoisotopic (exact) mass is 179 g/mol. The van der Waals surface area contributed by atoms with Crippen molar-refractivity contribution in [3.63, 3.8) is 0 Å². The third kappa shape index (κ3) is 2.04. The summed E-state index contributed by atoms with van der Waals surface area (Å²) in [5.41, 5.74) is 0.524. The van der Waals surface area contributed by atoms with Gasteiger partial charge in [-0.3, -0.25) is 0 Å². The van der Waals surface area contributed by atoms with Gasteiger partial charge in [-0.2, -0.15) is 5.26 Å². The molecule has 0 amide bonds. The third-order valence-electron chi connectivity index (χ3n) is 1.80. The Morgan fingerprint density at radius 2 is 2.08 bits per heavy atom. The standard InChI is InChI=1S/C10H10FNO/c1-7(13)10(11)9-5-3-2-4-8(9)6-12/h2-5,7,10,13H,1H3. The predicted molar refractivity (Wildman–Crippen MR) is 46.7 cm³/mol. The van der Waals surface area contributed by atoms with Crippen LogP contribution >= 0.6 is 0 Å². The number of benzene rings is 1. The average molecular weight is 179 g/mol. The number of rotatable bonds is 2. The van der Waals surface area contributed by atoms with Gasteiger partial charge >= 0.3 is 0 Å². The Morgan fingerprint density at radius 1 is 1.46 bits per heavy atom. The van der Waals surface area contributed by atoms with Crippen LogP contribution in [0.4, 0.5) is 4.39 Å². The van der Waals surface area contributed by atoms with Crippen LogP contribution in [0, 0.1) is 11.3 Å². The van der Waals surface area contributed by atoms with E-state index in [4.69, 9.17) is 10.4 Å². The molecule has 1 rings (SSSR count). The zero-order valence-corrected chi connectivity index (χ0v) is 7.24. The lowest BCUT2D eigenvalue weighted by Gasteiger charge is -2.12. The summed E-state index contributed by atoms with van der Waals surface area (Å²) in [6.07, 6.45) is -2.58. The van der Waals surface area contributed by atoms with Crippen LogP contribution in [0.3, 0.4) is 0 Å². The molecule has 2 unspecified atom stereocenters. The van der Waals surface area contributed by atoms with Gasteiger partial charge in [0.25, 0.3) is 0 Å². The van der Waals surface area contributed by atoms with Crippen molar-refractivity contribution in [1.82, 2.24) is 0 Å².